The normalized spacial score (nSPS) is 14.8. The number of hydrogen-bond acceptors (Lipinski definition) is 11. The molecule has 1 unspecified atom stereocenters. The molecule has 58 heavy (non-hydrogen) atoms. The second-order valence-electron chi connectivity index (χ2n) is 17.0. The third-order valence-electron chi connectivity index (χ3n) is 8.26. The number of fused-ring (bicyclic) bond motifs is 1. The average molecular weight is 835 g/mol. The fourth-order valence-corrected chi connectivity index (χ4v) is 6.83. The standard InChI is InChI=1S/C41H59FN4O11S/c1-13-20-53-36(48)43-58(51,52)45(25-33(47)55-39(4,5)6)35-32(54-26-28-18-16-15-17-19-28)22-31-30(34(35)42)21-29(46(31)38(50)57-41(10,11)12)24-44(23-27(3)14-2)37(49)56-40(7,8)9/h13,15-19,22,27,29H,1,14,20-21,23-26H2,2-12H3,(H,43,48)/t27?,29-/m1/s1. The third kappa shape index (κ3) is 13.8. The number of nitrogens with one attached hydrogen (secondary N) is 1. The van der Waals surface area contributed by atoms with Crippen molar-refractivity contribution in [2.45, 2.75) is 118 Å². The van der Waals surface area contributed by atoms with Crippen LogP contribution in [0, 0.1) is 11.7 Å². The van der Waals surface area contributed by atoms with Crippen molar-refractivity contribution in [2.75, 3.05) is 35.4 Å². The smallest absolute Gasteiger partial charge is 0.422 e. The number of halogens is 1. The van der Waals surface area contributed by atoms with E-state index in [1.54, 1.807) is 97.4 Å². The molecule has 2 atom stereocenters. The van der Waals surface area contributed by atoms with Crippen molar-refractivity contribution in [3.8, 4) is 5.75 Å². The van der Waals surface area contributed by atoms with Crippen molar-refractivity contribution in [2.24, 2.45) is 5.92 Å². The summed E-state index contributed by atoms with van der Waals surface area (Å²) < 4.78 is 75.7. The zero-order valence-electron chi connectivity index (χ0n) is 35.5. The van der Waals surface area contributed by atoms with E-state index in [2.05, 4.69) is 6.58 Å². The Balaban J connectivity index is 2.34. The van der Waals surface area contributed by atoms with Crippen molar-refractivity contribution < 1.29 is 55.7 Å². The first-order valence-electron chi connectivity index (χ1n) is 19.1. The summed E-state index contributed by atoms with van der Waals surface area (Å²) in [6.07, 6.45) is -1.25. The number of esters is 1. The maximum Gasteiger partial charge on any atom is 0.422 e. The molecule has 0 saturated heterocycles. The second-order valence-corrected chi connectivity index (χ2v) is 18.6. The van der Waals surface area contributed by atoms with Gasteiger partial charge < -0.3 is 28.6 Å². The number of nitrogens with zero attached hydrogens (tertiary/aromatic N) is 3. The van der Waals surface area contributed by atoms with Gasteiger partial charge in [0.2, 0.25) is 0 Å². The van der Waals surface area contributed by atoms with E-state index in [9.17, 15) is 27.6 Å². The minimum absolute atomic E-state index is 0.0184. The van der Waals surface area contributed by atoms with Gasteiger partial charge in [-0.05, 0) is 73.8 Å². The summed E-state index contributed by atoms with van der Waals surface area (Å²) in [5.41, 5.74) is -3.24. The van der Waals surface area contributed by atoms with Crippen LogP contribution in [-0.2, 0) is 47.0 Å². The number of carbonyl (C=O) groups is 4. The molecule has 3 amide bonds. The molecule has 0 aromatic heterocycles. The number of anilines is 2. The van der Waals surface area contributed by atoms with Gasteiger partial charge in [0.25, 0.3) is 0 Å². The first-order chi connectivity index (χ1) is 26.7. The van der Waals surface area contributed by atoms with E-state index < -0.39 is 81.1 Å². The van der Waals surface area contributed by atoms with Gasteiger partial charge in [0, 0.05) is 31.1 Å². The van der Waals surface area contributed by atoms with Gasteiger partial charge >= 0.3 is 34.5 Å². The van der Waals surface area contributed by atoms with Crippen molar-refractivity contribution >= 4 is 45.8 Å². The maximum atomic E-state index is 17.6. The molecule has 0 bridgehead atoms. The Kier molecular flexibility index (Phi) is 15.6. The van der Waals surface area contributed by atoms with E-state index in [0.717, 1.165) is 6.42 Å². The fourth-order valence-electron chi connectivity index (χ4n) is 5.77. The van der Waals surface area contributed by atoms with Gasteiger partial charge in [-0.3, -0.25) is 9.69 Å². The zero-order valence-corrected chi connectivity index (χ0v) is 36.3. The molecule has 15 nitrogen and oxygen atoms in total. The van der Waals surface area contributed by atoms with Crippen molar-refractivity contribution in [3.63, 3.8) is 0 Å². The van der Waals surface area contributed by atoms with Gasteiger partial charge in [0.05, 0.1) is 11.7 Å². The van der Waals surface area contributed by atoms with E-state index in [0.29, 0.717) is 9.87 Å². The van der Waals surface area contributed by atoms with Crippen molar-refractivity contribution in [3.05, 3.63) is 66.0 Å². The predicted molar refractivity (Wildman–Crippen MR) is 217 cm³/mol. The SMILES string of the molecule is C=CCOC(=O)NS(=O)(=O)N(CC(=O)OC(C)(C)C)c1c(OCc2ccccc2)cc2c(c1F)C[C@H](CN(CC(C)CC)C(=O)OC(C)(C)C)N2C(=O)OC(C)(C)C. The lowest BCUT2D eigenvalue weighted by Crippen LogP contribution is -2.50. The lowest BCUT2D eigenvalue weighted by molar-refractivity contribution is -0.152. The van der Waals surface area contributed by atoms with Gasteiger partial charge in [-0.15, -0.1) is 0 Å². The molecule has 0 spiro atoms. The molecule has 0 radical (unpaired) electrons. The maximum absolute atomic E-state index is 17.6. The molecule has 2 aromatic carbocycles. The molecule has 1 aliphatic heterocycles. The van der Waals surface area contributed by atoms with Crippen LogP contribution in [0.3, 0.4) is 0 Å². The van der Waals surface area contributed by atoms with Crippen LogP contribution >= 0.6 is 0 Å². The highest BCUT2D eigenvalue weighted by molar-refractivity contribution is 7.91. The van der Waals surface area contributed by atoms with Crippen LogP contribution in [0.15, 0.2) is 49.1 Å². The number of hydrogen-bond donors (Lipinski definition) is 1. The Hall–Kier alpha value is -5.06. The molecular formula is C41H59FN4O11S. The zero-order chi connectivity index (χ0) is 43.8. The first-order valence-corrected chi connectivity index (χ1v) is 20.5. The topological polar surface area (TPSA) is 170 Å². The van der Waals surface area contributed by atoms with E-state index in [-0.39, 0.29) is 49.9 Å². The van der Waals surface area contributed by atoms with Crippen LogP contribution in [0.2, 0.25) is 0 Å². The number of amides is 3. The van der Waals surface area contributed by atoms with Crippen LogP contribution < -0.4 is 18.7 Å². The highest BCUT2D eigenvalue weighted by Gasteiger charge is 2.44. The summed E-state index contributed by atoms with van der Waals surface area (Å²) in [4.78, 5) is 56.4. The first kappa shape index (κ1) is 47.3. The summed E-state index contributed by atoms with van der Waals surface area (Å²) in [7, 11) is -5.15. The Bertz CT molecular complexity index is 1900. The number of ether oxygens (including phenoxy) is 5. The summed E-state index contributed by atoms with van der Waals surface area (Å²) in [5.74, 6) is -2.66. The van der Waals surface area contributed by atoms with Crippen LogP contribution in [-0.4, -0.2) is 86.7 Å². The van der Waals surface area contributed by atoms with Gasteiger partial charge in [0.15, 0.2) is 5.82 Å². The van der Waals surface area contributed by atoms with E-state index in [1.807, 2.05) is 13.8 Å². The molecule has 0 fully saturated rings. The molecular weight excluding hydrogens is 776 g/mol. The molecule has 2 aromatic rings. The van der Waals surface area contributed by atoms with Crippen molar-refractivity contribution in [1.29, 1.82) is 0 Å². The minimum atomic E-state index is -5.15. The molecule has 0 saturated carbocycles. The molecule has 0 aliphatic carbocycles. The Morgan fingerprint density at radius 1 is 0.983 bits per heavy atom. The molecule has 322 valence electrons. The minimum Gasteiger partial charge on any atom is -0.487 e. The third-order valence-corrected chi connectivity index (χ3v) is 9.58. The summed E-state index contributed by atoms with van der Waals surface area (Å²) in [6.45, 7) is 20.7. The summed E-state index contributed by atoms with van der Waals surface area (Å²) in [6, 6.07) is 9.04. The van der Waals surface area contributed by atoms with Crippen LogP contribution in [0.1, 0.15) is 93.7 Å². The van der Waals surface area contributed by atoms with Gasteiger partial charge in [-0.1, -0.05) is 63.3 Å². The molecule has 1 aliphatic rings. The van der Waals surface area contributed by atoms with E-state index in [4.69, 9.17) is 23.7 Å². The quantitative estimate of drug-likeness (QED) is 0.106. The predicted octanol–water partition coefficient (Wildman–Crippen LogP) is 7.66. The van der Waals surface area contributed by atoms with Crippen LogP contribution in [0.5, 0.6) is 5.75 Å². The second kappa shape index (κ2) is 19.1. The van der Waals surface area contributed by atoms with Crippen molar-refractivity contribution in [1.82, 2.24) is 9.62 Å². The van der Waals surface area contributed by atoms with Crippen LogP contribution in [0.25, 0.3) is 0 Å². The Labute approximate surface area is 341 Å². The molecule has 1 heterocycles. The number of benzene rings is 2. The highest BCUT2D eigenvalue weighted by atomic mass is 32.2. The van der Waals surface area contributed by atoms with E-state index in [1.165, 1.54) is 21.9 Å². The Morgan fingerprint density at radius 3 is 2.14 bits per heavy atom. The van der Waals surface area contributed by atoms with Gasteiger partial charge in [-0.2, -0.15) is 8.42 Å². The highest BCUT2D eigenvalue weighted by Crippen LogP contribution is 2.46. The van der Waals surface area contributed by atoms with Gasteiger partial charge in [-0.25, -0.2) is 27.8 Å². The van der Waals surface area contributed by atoms with Crippen LogP contribution in [0.4, 0.5) is 30.1 Å². The van der Waals surface area contributed by atoms with Gasteiger partial charge in [0.1, 0.15) is 48.0 Å². The largest absolute Gasteiger partial charge is 0.487 e. The lowest BCUT2D eigenvalue weighted by atomic mass is 10.1. The molecule has 17 heteroatoms. The lowest BCUT2D eigenvalue weighted by Gasteiger charge is -2.34. The summed E-state index contributed by atoms with van der Waals surface area (Å²) >= 11 is 0. The molecule has 3 rings (SSSR count). The summed E-state index contributed by atoms with van der Waals surface area (Å²) in [5, 5.41) is 0. The van der Waals surface area contributed by atoms with E-state index >= 15 is 4.39 Å². The monoisotopic (exact) mass is 834 g/mol. The Morgan fingerprint density at radius 2 is 1.59 bits per heavy atom. The number of carbonyl (C=O) groups excluding carboxylic acids is 4. The fraction of sp³-hybridized carbons (Fsp3) is 0.561. The average Bonchev–Trinajstić information content (AvgIpc) is 3.45. The number of rotatable bonds is 15. The molecule has 1 N–H and O–H groups in total.